The van der Waals surface area contributed by atoms with Crippen molar-refractivity contribution in [2.24, 2.45) is 5.92 Å². The van der Waals surface area contributed by atoms with Crippen molar-refractivity contribution in [1.29, 1.82) is 0 Å². The minimum atomic E-state index is -1.50. The number of allylic oxidation sites excluding steroid dienone is 2. The number of ketones is 2. The summed E-state index contributed by atoms with van der Waals surface area (Å²) >= 11 is 0. The predicted octanol–water partition coefficient (Wildman–Crippen LogP) is 3.34. The van der Waals surface area contributed by atoms with Crippen molar-refractivity contribution in [3.63, 3.8) is 0 Å². The maximum Gasteiger partial charge on any atom is 0.324 e. The number of hydrogen-bond donors (Lipinski definition) is 0. The van der Waals surface area contributed by atoms with E-state index in [1.165, 1.54) is 12.2 Å². The number of hydrogen-bond acceptors (Lipinski definition) is 4. The number of carbonyl (C=O) groups excluding carboxylic acids is 3. The van der Waals surface area contributed by atoms with Crippen LogP contribution in [0.2, 0.25) is 0 Å². The van der Waals surface area contributed by atoms with E-state index in [0.717, 1.165) is 18.2 Å². The molecule has 0 aliphatic heterocycles. The Labute approximate surface area is 146 Å². The van der Waals surface area contributed by atoms with E-state index in [1.54, 1.807) is 12.2 Å². The summed E-state index contributed by atoms with van der Waals surface area (Å²) in [5, 5.41) is 0. The number of esters is 1. The lowest BCUT2D eigenvalue weighted by atomic mass is 9.97. The molecule has 0 heterocycles. The molecule has 2 aromatic carbocycles. The summed E-state index contributed by atoms with van der Waals surface area (Å²) in [7, 11) is 1.15. The van der Waals surface area contributed by atoms with Gasteiger partial charge in [0.15, 0.2) is 17.5 Å². The molecule has 0 saturated carbocycles. The minimum absolute atomic E-state index is 0.613. The van der Waals surface area contributed by atoms with Crippen molar-refractivity contribution in [2.75, 3.05) is 7.11 Å². The molecule has 0 radical (unpaired) electrons. The molecule has 4 nitrogen and oxygen atoms in total. The highest BCUT2D eigenvalue weighted by Crippen LogP contribution is 2.10. The van der Waals surface area contributed by atoms with E-state index in [2.05, 4.69) is 4.74 Å². The zero-order valence-corrected chi connectivity index (χ0v) is 13.8. The zero-order chi connectivity index (χ0) is 18.1. The van der Waals surface area contributed by atoms with E-state index in [-0.39, 0.29) is 0 Å². The van der Waals surface area contributed by atoms with Crippen LogP contribution in [-0.2, 0) is 19.1 Å². The molecule has 4 heteroatoms. The summed E-state index contributed by atoms with van der Waals surface area (Å²) in [5.74, 6) is -3.59. The van der Waals surface area contributed by atoms with Crippen LogP contribution in [0, 0.1) is 5.92 Å². The second-order valence-electron chi connectivity index (χ2n) is 5.25. The third kappa shape index (κ3) is 5.39. The first kappa shape index (κ1) is 18.1. The highest BCUT2D eigenvalue weighted by Gasteiger charge is 2.31. The second kappa shape index (κ2) is 9.13. The summed E-state index contributed by atoms with van der Waals surface area (Å²) in [4.78, 5) is 36.5. The van der Waals surface area contributed by atoms with Crippen molar-refractivity contribution < 1.29 is 19.1 Å². The number of rotatable bonds is 7. The summed E-state index contributed by atoms with van der Waals surface area (Å²) in [5.41, 5.74) is 1.60. The van der Waals surface area contributed by atoms with E-state index < -0.39 is 23.5 Å². The van der Waals surface area contributed by atoms with E-state index >= 15 is 0 Å². The molecule has 0 saturated heterocycles. The molecule has 0 aliphatic carbocycles. The fraction of sp³-hybridized carbons (Fsp3) is 0.0952. The quantitative estimate of drug-likeness (QED) is 0.443. The maximum atomic E-state index is 12.3. The summed E-state index contributed by atoms with van der Waals surface area (Å²) in [6, 6.07) is 18.3. The first-order valence-electron chi connectivity index (χ1n) is 7.73. The minimum Gasteiger partial charge on any atom is -0.468 e. The summed E-state index contributed by atoms with van der Waals surface area (Å²) in [6.45, 7) is 0. The van der Waals surface area contributed by atoms with Gasteiger partial charge < -0.3 is 4.74 Å². The van der Waals surface area contributed by atoms with Gasteiger partial charge >= 0.3 is 5.97 Å². The van der Waals surface area contributed by atoms with Gasteiger partial charge in [0.25, 0.3) is 0 Å². The van der Waals surface area contributed by atoms with E-state index in [1.807, 2.05) is 60.7 Å². The highest BCUT2D eigenvalue weighted by molar-refractivity contribution is 6.24. The Morgan fingerprint density at radius 2 is 1.16 bits per heavy atom. The summed E-state index contributed by atoms with van der Waals surface area (Å²) in [6.07, 6.45) is 5.58. The van der Waals surface area contributed by atoms with Crippen LogP contribution in [0.1, 0.15) is 11.1 Å². The van der Waals surface area contributed by atoms with Crippen molar-refractivity contribution in [2.45, 2.75) is 0 Å². The van der Waals surface area contributed by atoms with Gasteiger partial charge in [-0.05, 0) is 23.3 Å². The lowest BCUT2D eigenvalue weighted by molar-refractivity contribution is -0.150. The van der Waals surface area contributed by atoms with Crippen LogP contribution in [0.15, 0.2) is 72.8 Å². The third-order valence-corrected chi connectivity index (χ3v) is 3.49. The zero-order valence-electron chi connectivity index (χ0n) is 13.8. The molecular weight excluding hydrogens is 316 g/mol. The van der Waals surface area contributed by atoms with Crippen molar-refractivity contribution in [3.8, 4) is 0 Å². The second-order valence-corrected chi connectivity index (χ2v) is 5.25. The molecule has 2 rings (SSSR count). The van der Waals surface area contributed by atoms with Crippen LogP contribution in [0.5, 0.6) is 0 Å². The Morgan fingerprint density at radius 3 is 1.52 bits per heavy atom. The van der Waals surface area contributed by atoms with Crippen LogP contribution in [-0.4, -0.2) is 24.6 Å². The average molecular weight is 334 g/mol. The molecule has 0 atom stereocenters. The molecule has 2 aromatic rings. The van der Waals surface area contributed by atoms with Gasteiger partial charge in [-0.2, -0.15) is 0 Å². The van der Waals surface area contributed by atoms with Crippen LogP contribution >= 0.6 is 0 Å². The fourth-order valence-corrected chi connectivity index (χ4v) is 2.17. The van der Waals surface area contributed by atoms with E-state index in [9.17, 15) is 14.4 Å². The normalized spacial score (nSPS) is 12.2. The highest BCUT2D eigenvalue weighted by atomic mass is 16.5. The van der Waals surface area contributed by atoms with Crippen LogP contribution < -0.4 is 0 Å². The molecule has 0 N–H and O–H groups in total. The standard InChI is InChI=1S/C21H18O4/c1-25-21(24)20(18(22)14-12-16-8-4-2-5-9-16)19(23)15-13-17-10-6-3-7-11-17/h2-15,20H,1H3. The maximum absolute atomic E-state index is 12.3. The van der Waals surface area contributed by atoms with Crippen LogP contribution in [0.4, 0.5) is 0 Å². The largest absolute Gasteiger partial charge is 0.468 e. The predicted molar refractivity (Wildman–Crippen MR) is 96.5 cm³/mol. The Morgan fingerprint density at radius 1 is 0.760 bits per heavy atom. The Kier molecular flexibility index (Phi) is 6.60. The Bertz CT molecular complexity index is 728. The molecule has 0 unspecified atom stereocenters. The molecule has 0 spiro atoms. The first-order chi connectivity index (χ1) is 12.1. The lowest BCUT2D eigenvalue weighted by Crippen LogP contribution is -2.30. The lowest BCUT2D eigenvalue weighted by Gasteiger charge is -2.08. The van der Waals surface area contributed by atoms with Gasteiger partial charge in [0, 0.05) is 0 Å². The van der Waals surface area contributed by atoms with Gasteiger partial charge in [-0.15, -0.1) is 0 Å². The number of ether oxygens (including phenoxy) is 1. The smallest absolute Gasteiger partial charge is 0.324 e. The molecule has 25 heavy (non-hydrogen) atoms. The van der Waals surface area contributed by atoms with Gasteiger partial charge in [-0.3, -0.25) is 14.4 Å². The van der Waals surface area contributed by atoms with Gasteiger partial charge in [0.05, 0.1) is 7.11 Å². The average Bonchev–Trinajstić information content (AvgIpc) is 2.66. The SMILES string of the molecule is COC(=O)C(C(=O)C=Cc1ccccc1)C(=O)C=Cc1ccccc1. The first-order valence-corrected chi connectivity index (χ1v) is 7.73. The Hall–Kier alpha value is -3.27. The number of methoxy groups -OCH3 is 1. The van der Waals surface area contributed by atoms with Gasteiger partial charge in [-0.1, -0.05) is 72.8 Å². The third-order valence-electron chi connectivity index (χ3n) is 3.49. The van der Waals surface area contributed by atoms with E-state index in [4.69, 9.17) is 0 Å². The van der Waals surface area contributed by atoms with Gasteiger partial charge in [0.2, 0.25) is 0 Å². The molecule has 126 valence electrons. The molecular formula is C21H18O4. The molecule has 0 amide bonds. The van der Waals surface area contributed by atoms with Crippen molar-refractivity contribution >= 4 is 29.7 Å². The summed E-state index contributed by atoms with van der Waals surface area (Å²) < 4.78 is 4.61. The molecule has 0 fully saturated rings. The number of benzene rings is 2. The van der Waals surface area contributed by atoms with Crippen molar-refractivity contribution in [1.82, 2.24) is 0 Å². The van der Waals surface area contributed by atoms with Crippen LogP contribution in [0.3, 0.4) is 0 Å². The molecule has 0 aliphatic rings. The van der Waals surface area contributed by atoms with E-state index in [0.29, 0.717) is 0 Å². The fourth-order valence-electron chi connectivity index (χ4n) is 2.17. The van der Waals surface area contributed by atoms with Gasteiger partial charge in [0.1, 0.15) is 0 Å². The van der Waals surface area contributed by atoms with Gasteiger partial charge in [-0.25, -0.2) is 0 Å². The van der Waals surface area contributed by atoms with Crippen molar-refractivity contribution in [3.05, 3.63) is 83.9 Å². The van der Waals surface area contributed by atoms with Crippen LogP contribution in [0.25, 0.3) is 12.2 Å². The topological polar surface area (TPSA) is 60.4 Å². The number of carbonyl (C=O) groups is 3. The molecule has 0 aromatic heterocycles. The Balaban J connectivity index is 2.16. The monoisotopic (exact) mass is 334 g/mol. The molecule has 0 bridgehead atoms.